The second-order valence-electron chi connectivity index (χ2n) is 9.22. The number of phenols is 1. The van der Waals surface area contributed by atoms with Crippen LogP contribution in [0.25, 0.3) is 11.2 Å². The molecular formula is C24H35ClN6O5. The molecule has 0 bridgehead atoms. The third kappa shape index (κ3) is 5.81. The summed E-state index contributed by atoms with van der Waals surface area (Å²) in [5, 5.41) is 23.4. The standard InChI is InChI=1S/C24H34N6O5.ClH/c1-16-13-17(5-6-18(16)31)19(32)14-25-7-4-8-30-20(15-29-9-11-35-12-10-29)26-22-21(30)23(33)28(3)24(34)27(22)2;/h5-6,13,19,25,31-32H,4,7-12,14-15H2,1-3H3;1H. The molecule has 1 unspecified atom stereocenters. The zero-order valence-electron chi connectivity index (χ0n) is 21.0. The number of rotatable bonds is 9. The number of halogens is 1. The van der Waals surface area contributed by atoms with Gasteiger partial charge < -0.3 is 42.1 Å². The van der Waals surface area contributed by atoms with Crippen LogP contribution in [0.3, 0.4) is 0 Å². The van der Waals surface area contributed by atoms with Gasteiger partial charge in [0.15, 0.2) is 17.0 Å². The van der Waals surface area contributed by atoms with Crippen LogP contribution < -0.4 is 33.9 Å². The summed E-state index contributed by atoms with van der Waals surface area (Å²) < 4.78 is 9.96. The van der Waals surface area contributed by atoms with E-state index in [1.807, 2.05) is 4.57 Å². The Labute approximate surface area is 215 Å². The number of imidazole rings is 1. The molecule has 3 heterocycles. The number of fused-ring (bicyclic) bond motifs is 1. The van der Waals surface area contributed by atoms with Crippen LogP contribution in [0.2, 0.25) is 0 Å². The van der Waals surface area contributed by atoms with E-state index >= 15 is 0 Å². The van der Waals surface area contributed by atoms with Crippen LogP contribution in [0.15, 0.2) is 27.8 Å². The minimum absolute atomic E-state index is 0. The summed E-state index contributed by atoms with van der Waals surface area (Å²) in [7, 11) is 3.13. The number of aliphatic hydroxyl groups excluding tert-OH is 1. The van der Waals surface area contributed by atoms with Crippen LogP contribution in [0, 0.1) is 6.92 Å². The lowest BCUT2D eigenvalue weighted by molar-refractivity contribution is -0.922. The molecule has 1 aromatic carbocycles. The first kappa shape index (κ1) is 27.9. The van der Waals surface area contributed by atoms with Crippen LogP contribution in [-0.2, 0) is 31.9 Å². The number of nitrogens with zero attached hydrogens (tertiary/aromatic N) is 4. The quantitative estimate of drug-likeness (QED) is 0.209. The monoisotopic (exact) mass is 522 g/mol. The number of aryl methyl sites for hydroxylation is 3. The Hall–Kier alpha value is -2.70. The van der Waals surface area contributed by atoms with Gasteiger partial charge in [0.1, 0.15) is 25.4 Å². The summed E-state index contributed by atoms with van der Waals surface area (Å²) in [4.78, 5) is 31.5. The Morgan fingerprint density at radius 3 is 2.61 bits per heavy atom. The van der Waals surface area contributed by atoms with Gasteiger partial charge in [0.25, 0.3) is 5.56 Å². The number of phenolic OH excluding ortho intramolecular Hbond substituents is 1. The maximum atomic E-state index is 13.0. The van der Waals surface area contributed by atoms with E-state index in [0.29, 0.717) is 57.0 Å². The largest absolute Gasteiger partial charge is 1.00 e. The highest BCUT2D eigenvalue weighted by molar-refractivity contribution is 5.71. The molecule has 1 atom stereocenters. The number of hydrogen-bond acceptors (Lipinski definition) is 7. The lowest BCUT2D eigenvalue weighted by Gasteiger charge is -2.23. The SMILES string of the molecule is Cc1cc(C(O)CNCCCn2c(C[NH+]3CCOCC3)nc3c2c(=O)n(C)c(=O)n3C)ccc1O.[Cl-]. The Bertz CT molecular complexity index is 1310. The van der Waals surface area contributed by atoms with Crippen molar-refractivity contribution in [3.05, 3.63) is 56.0 Å². The predicted octanol–water partition coefficient (Wildman–Crippen LogP) is -4.42. The predicted molar refractivity (Wildman–Crippen MR) is 131 cm³/mol. The molecule has 1 aliphatic rings. The Kier molecular flexibility index (Phi) is 9.31. The van der Waals surface area contributed by atoms with Crippen molar-refractivity contribution < 1.29 is 32.3 Å². The van der Waals surface area contributed by atoms with Gasteiger partial charge in [-0.15, -0.1) is 0 Å². The van der Waals surface area contributed by atoms with E-state index in [2.05, 4.69) is 5.32 Å². The van der Waals surface area contributed by atoms with Crippen molar-refractivity contribution in [3.63, 3.8) is 0 Å². The molecule has 0 radical (unpaired) electrons. The van der Waals surface area contributed by atoms with E-state index in [-0.39, 0.29) is 23.7 Å². The number of morpholine rings is 1. The first-order valence-electron chi connectivity index (χ1n) is 12.0. The highest BCUT2D eigenvalue weighted by Crippen LogP contribution is 2.21. The summed E-state index contributed by atoms with van der Waals surface area (Å²) in [5.41, 5.74) is 1.58. The number of quaternary nitrogens is 1. The van der Waals surface area contributed by atoms with E-state index in [1.54, 1.807) is 32.2 Å². The maximum absolute atomic E-state index is 13.0. The topological polar surface area (TPSA) is 128 Å². The molecule has 0 saturated carbocycles. The van der Waals surface area contributed by atoms with Gasteiger partial charge in [-0.2, -0.15) is 0 Å². The molecule has 0 aliphatic carbocycles. The van der Waals surface area contributed by atoms with Crippen molar-refractivity contribution in [3.8, 4) is 5.75 Å². The van der Waals surface area contributed by atoms with E-state index < -0.39 is 11.8 Å². The van der Waals surface area contributed by atoms with Gasteiger partial charge in [-0.3, -0.25) is 13.9 Å². The molecular weight excluding hydrogens is 488 g/mol. The number of ether oxygens (including phenoxy) is 1. The molecule has 4 N–H and O–H groups in total. The third-order valence-electron chi connectivity index (χ3n) is 6.71. The molecule has 3 aromatic rings. The normalized spacial score (nSPS) is 15.2. The summed E-state index contributed by atoms with van der Waals surface area (Å²) in [5.74, 6) is 0.995. The molecule has 1 fully saturated rings. The summed E-state index contributed by atoms with van der Waals surface area (Å²) >= 11 is 0. The van der Waals surface area contributed by atoms with Crippen molar-refractivity contribution in [2.24, 2.45) is 14.1 Å². The van der Waals surface area contributed by atoms with Crippen molar-refractivity contribution in [2.45, 2.75) is 32.5 Å². The minimum atomic E-state index is -0.689. The number of hydrogen-bond donors (Lipinski definition) is 4. The first-order chi connectivity index (χ1) is 16.8. The van der Waals surface area contributed by atoms with Crippen molar-refractivity contribution >= 4 is 11.2 Å². The molecule has 2 aromatic heterocycles. The Balaban J connectivity index is 0.00000361. The maximum Gasteiger partial charge on any atom is 0.332 e. The number of benzene rings is 1. The van der Waals surface area contributed by atoms with Gasteiger partial charge in [-0.1, -0.05) is 6.07 Å². The number of aliphatic hydroxyl groups is 1. The molecule has 1 saturated heterocycles. The summed E-state index contributed by atoms with van der Waals surface area (Å²) in [6.07, 6.45) is 0.0233. The molecule has 0 spiro atoms. The summed E-state index contributed by atoms with van der Waals surface area (Å²) in [6.45, 7) is 7.15. The fourth-order valence-electron chi connectivity index (χ4n) is 4.53. The zero-order valence-corrected chi connectivity index (χ0v) is 21.7. The van der Waals surface area contributed by atoms with E-state index in [0.717, 1.165) is 34.6 Å². The summed E-state index contributed by atoms with van der Waals surface area (Å²) in [6, 6.07) is 5.08. The van der Waals surface area contributed by atoms with Gasteiger partial charge in [-0.05, 0) is 43.1 Å². The molecule has 11 nitrogen and oxygen atoms in total. The van der Waals surface area contributed by atoms with Gasteiger partial charge in [0, 0.05) is 27.2 Å². The third-order valence-corrected chi connectivity index (χ3v) is 6.71. The molecule has 1 aliphatic heterocycles. The highest BCUT2D eigenvalue weighted by Gasteiger charge is 2.23. The average Bonchev–Trinajstić information content (AvgIpc) is 3.21. The first-order valence-corrected chi connectivity index (χ1v) is 12.0. The second-order valence-corrected chi connectivity index (χ2v) is 9.22. The molecule has 12 heteroatoms. The van der Waals surface area contributed by atoms with E-state index in [9.17, 15) is 19.8 Å². The molecule has 4 rings (SSSR count). The number of aromatic nitrogens is 4. The van der Waals surface area contributed by atoms with Crippen LogP contribution in [0.4, 0.5) is 0 Å². The van der Waals surface area contributed by atoms with Gasteiger partial charge in [-0.25, -0.2) is 9.78 Å². The van der Waals surface area contributed by atoms with Crippen LogP contribution in [-0.4, -0.2) is 68.3 Å². The lowest BCUT2D eigenvalue weighted by atomic mass is 10.1. The fraction of sp³-hybridized carbons (Fsp3) is 0.542. The molecule has 36 heavy (non-hydrogen) atoms. The molecule has 198 valence electrons. The van der Waals surface area contributed by atoms with Gasteiger partial charge in [0.05, 0.1) is 19.3 Å². The van der Waals surface area contributed by atoms with Crippen LogP contribution in [0.5, 0.6) is 5.75 Å². The number of nitrogens with one attached hydrogen (secondary N) is 2. The van der Waals surface area contributed by atoms with Crippen molar-refractivity contribution in [1.82, 2.24) is 24.0 Å². The van der Waals surface area contributed by atoms with Crippen LogP contribution >= 0.6 is 0 Å². The fourth-order valence-corrected chi connectivity index (χ4v) is 4.53. The second kappa shape index (κ2) is 12.0. The minimum Gasteiger partial charge on any atom is -1.00 e. The zero-order chi connectivity index (χ0) is 25.1. The smallest absolute Gasteiger partial charge is 0.332 e. The van der Waals surface area contributed by atoms with Gasteiger partial charge >= 0.3 is 5.69 Å². The van der Waals surface area contributed by atoms with Crippen LogP contribution in [0.1, 0.15) is 29.5 Å². The van der Waals surface area contributed by atoms with E-state index in [4.69, 9.17) is 9.72 Å². The molecule has 0 amide bonds. The highest BCUT2D eigenvalue weighted by atomic mass is 35.5. The van der Waals surface area contributed by atoms with Crippen molar-refractivity contribution in [2.75, 3.05) is 39.4 Å². The Morgan fingerprint density at radius 1 is 1.19 bits per heavy atom. The average molecular weight is 523 g/mol. The Morgan fingerprint density at radius 2 is 1.92 bits per heavy atom. The van der Waals surface area contributed by atoms with E-state index in [1.165, 1.54) is 16.5 Å². The lowest BCUT2D eigenvalue weighted by Crippen LogP contribution is -3.12. The van der Waals surface area contributed by atoms with Gasteiger partial charge in [0.2, 0.25) is 0 Å². The number of aromatic hydroxyl groups is 1. The van der Waals surface area contributed by atoms with Crippen molar-refractivity contribution in [1.29, 1.82) is 0 Å².